The largest absolute Gasteiger partial charge is 0.490 e. The fourth-order valence-electron chi connectivity index (χ4n) is 6.57. The van der Waals surface area contributed by atoms with Gasteiger partial charge in [0.25, 0.3) is 0 Å². The van der Waals surface area contributed by atoms with Crippen LogP contribution in [0.15, 0.2) is 115 Å². The lowest BCUT2D eigenvalue weighted by molar-refractivity contribution is 0.261. The van der Waals surface area contributed by atoms with E-state index in [0.29, 0.717) is 13.2 Å². The maximum Gasteiger partial charge on any atom is 0.161 e. The molecule has 5 aromatic carbocycles. The second-order valence-corrected chi connectivity index (χ2v) is 12.8. The maximum atomic E-state index is 6.46. The van der Waals surface area contributed by atoms with Crippen molar-refractivity contribution in [1.29, 1.82) is 0 Å². The first-order valence-electron chi connectivity index (χ1n) is 18.2. The molecule has 0 aliphatic rings. The first-order valence-corrected chi connectivity index (χ1v) is 18.2. The van der Waals surface area contributed by atoms with E-state index in [0.717, 1.165) is 50.3 Å². The molecule has 4 heteroatoms. The summed E-state index contributed by atoms with van der Waals surface area (Å²) < 4.78 is 12.8. The van der Waals surface area contributed by atoms with E-state index in [4.69, 9.17) is 9.47 Å². The summed E-state index contributed by atoms with van der Waals surface area (Å²) in [6.45, 7) is 16.4. The van der Waals surface area contributed by atoms with Gasteiger partial charge >= 0.3 is 0 Å². The third-order valence-corrected chi connectivity index (χ3v) is 9.35. The normalized spacial score (nSPS) is 11.1. The fraction of sp³-hybridized carbons (Fsp3) is 0.333. The monoisotopic (exact) mass is 654 g/mol. The zero-order chi connectivity index (χ0) is 34.6. The Morgan fingerprint density at radius 3 is 1.41 bits per heavy atom. The molecule has 49 heavy (non-hydrogen) atoms. The van der Waals surface area contributed by atoms with Gasteiger partial charge in [0, 0.05) is 41.8 Å². The topological polar surface area (TPSA) is 24.9 Å². The summed E-state index contributed by atoms with van der Waals surface area (Å²) in [7, 11) is 0. The predicted octanol–water partition coefficient (Wildman–Crippen LogP) is 12.2. The van der Waals surface area contributed by atoms with E-state index >= 15 is 0 Å². The number of unbranched alkanes of at least 4 members (excludes halogenated alkanes) is 2. The average Bonchev–Trinajstić information content (AvgIpc) is 3.13. The number of benzene rings is 5. The molecule has 0 aliphatic heterocycles. The molecule has 0 bridgehead atoms. The minimum atomic E-state index is -0.0259. The van der Waals surface area contributed by atoms with Gasteiger partial charge in [-0.25, -0.2) is 0 Å². The highest BCUT2D eigenvalue weighted by Gasteiger charge is 2.25. The van der Waals surface area contributed by atoms with Crippen molar-refractivity contribution in [2.24, 2.45) is 0 Å². The van der Waals surface area contributed by atoms with E-state index in [1.807, 2.05) is 0 Å². The van der Waals surface area contributed by atoms with Crippen LogP contribution in [0.25, 0.3) is 0 Å². The molecule has 0 amide bonds. The van der Waals surface area contributed by atoms with Gasteiger partial charge in [-0.15, -0.1) is 0 Å². The van der Waals surface area contributed by atoms with Crippen LogP contribution in [0.5, 0.6) is 11.5 Å². The van der Waals surface area contributed by atoms with Crippen molar-refractivity contribution in [3.63, 3.8) is 0 Å². The molecule has 0 atom stereocenters. The number of ether oxygens (including phenoxy) is 2. The summed E-state index contributed by atoms with van der Waals surface area (Å²) >= 11 is 0. The van der Waals surface area contributed by atoms with Gasteiger partial charge < -0.3 is 19.3 Å². The van der Waals surface area contributed by atoms with Gasteiger partial charge in [-0.1, -0.05) is 81.3 Å². The Kier molecular flexibility index (Phi) is 12.8. The highest BCUT2D eigenvalue weighted by Crippen LogP contribution is 2.43. The minimum Gasteiger partial charge on any atom is -0.490 e. The number of anilines is 4. The molecule has 0 unspecified atom stereocenters. The summed E-state index contributed by atoms with van der Waals surface area (Å²) in [5.74, 6) is 1.63. The zero-order valence-corrected chi connectivity index (χ0v) is 30.4. The van der Waals surface area contributed by atoms with Crippen molar-refractivity contribution in [3.8, 4) is 11.5 Å². The highest BCUT2D eigenvalue weighted by atomic mass is 16.5. The van der Waals surface area contributed by atoms with Gasteiger partial charge in [-0.2, -0.15) is 0 Å². The summed E-state index contributed by atoms with van der Waals surface area (Å²) in [5, 5.41) is 0. The standard InChI is InChI=1S/C45H54N2O2/c1-7-11-29-48-43-28-25-36(31-44(43)49-30-12-8-2)45(41-32-39(26-23-34(41)5)46(9-3)37-19-15-13-16-20-37)42-33-40(27-24-35(42)6)47(10-4)38-21-17-14-18-22-38/h13-28,31-33,45H,7-12,29-30H2,1-6H3. The first-order chi connectivity index (χ1) is 24.0. The SMILES string of the molecule is CCCCOc1ccc(C(c2cc(N(CC)c3ccccc3)ccc2C)c2cc(N(CC)c3ccccc3)ccc2C)cc1OCCCC. The molecule has 5 rings (SSSR count). The van der Waals surface area contributed by atoms with Gasteiger partial charge in [0.15, 0.2) is 11.5 Å². The van der Waals surface area contributed by atoms with Crippen LogP contribution in [0.3, 0.4) is 0 Å². The van der Waals surface area contributed by atoms with Crippen LogP contribution in [-0.2, 0) is 0 Å². The van der Waals surface area contributed by atoms with Crippen molar-refractivity contribution in [1.82, 2.24) is 0 Å². The molecule has 256 valence electrons. The summed E-state index contributed by atoms with van der Waals surface area (Å²) in [4.78, 5) is 4.78. The van der Waals surface area contributed by atoms with E-state index in [1.54, 1.807) is 0 Å². The van der Waals surface area contributed by atoms with E-state index in [-0.39, 0.29) is 5.92 Å². The van der Waals surface area contributed by atoms with Crippen LogP contribution in [0.2, 0.25) is 0 Å². The molecule has 0 saturated heterocycles. The number of hydrogen-bond donors (Lipinski definition) is 0. The molecule has 0 fully saturated rings. The molecule has 0 N–H and O–H groups in total. The predicted molar refractivity (Wildman–Crippen MR) is 209 cm³/mol. The Hall–Kier alpha value is -4.70. The van der Waals surface area contributed by atoms with Gasteiger partial charge in [0.05, 0.1) is 13.2 Å². The Morgan fingerprint density at radius 2 is 0.959 bits per heavy atom. The van der Waals surface area contributed by atoms with Gasteiger partial charge in [-0.3, -0.25) is 0 Å². The number of para-hydroxylation sites is 2. The van der Waals surface area contributed by atoms with Crippen LogP contribution in [0, 0.1) is 13.8 Å². The molecule has 0 spiro atoms. The van der Waals surface area contributed by atoms with Crippen molar-refractivity contribution >= 4 is 22.7 Å². The zero-order valence-electron chi connectivity index (χ0n) is 30.4. The molecule has 0 aliphatic carbocycles. The van der Waals surface area contributed by atoms with E-state index < -0.39 is 0 Å². The lowest BCUT2D eigenvalue weighted by Crippen LogP contribution is -2.18. The Bertz CT molecular complexity index is 1650. The molecule has 4 nitrogen and oxygen atoms in total. The Balaban J connectivity index is 1.70. The highest BCUT2D eigenvalue weighted by molar-refractivity contribution is 5.68. The first kappa shape index (κ1) is 35.6. The van der Waals surface area contributed by atoms with Crippen molar-refractivity contribution in [3.05, 3.63) is 143 Å². The second kappa shape index (κ2) is 17.6. The summed E-state index contributed by atoms with van der Waals surface area (Å²) in [6.07, 6.45) is 4.19. The molecule has 0 saturated carbocycles. The van der Waals surface area contributed by atoms with Crippen molar-refractivity contribution in [2.75, 3.05) is 36.1 Å². The second-order valence-electron chi connectivity index (χ2n) is 12.8. The third-order valence-electron chi connectivity index (χ3n) is 9.35. The van der Waals surface area contributed by atoms with Gasteiger partial charge in [0.2, 0.25) is 0 Å². The summed E-state index contributed by atoms with van der Waals surface area (Å²) in [6, 6.07) is 41.9. The summed E-state index contributed by atoms with van der Waals surface area (Å²) in [5.41, 5.74) is 11.0. The lowest BCUT2D eigenvalue weighted by atomic mass is 9.80. The van der Waals surface area contributed by atoms with Crippen LogP contribution >= 0.6 is 0 Å². The molecule has 0 aromatic heterocycles. The van der Waals surface area contributed by atoms with Crippen LogP contribution in [0.1, 0.15) is 87.1 Å². The average molecular weight is 655 g/mol. The van der Waals surface area contributed by atoms with E-state index in [9.17, 15) is 0 Å². The minimum absolute atomic E-state index is 0.0259. The van der Waals surface area contributed by atoms with E-state index in [2.05, 4.69) is 167 Å². The van der Waals surface area contributed by atoms with Crippen LogP contribution in [0.4, 0.5) is 22.7 Å². The molecular formula is C45H54N2O2. The van der Waals surface area contributed by atoms with E-state index in [1.165, 1.54) is 50.6 Å². The van der Waals surface area contributed by atoms with Crippen molar-refractivity contribution < 1.29 is 9.47 Å². The van der Waals surface area contributed by atoms with Gasteiger partial charge in [0.1, 0.15) is 0 Å². The van der Waals surface area contributed by atoms with Crippen molar-refractivity contribution in [2.45, 2.75) is 73.1 Å². The van der Waals surface area contributed by atoms with Crippen LogP contribution in [-0.4, -0.2) is 26.3 Å². The van der Waals surface area contributed by atoms with Gasteiger partial charge in [-0.05, 0) is 129 Å². The number of aryl methyl sites for hydroxylation is 2. The molecule has 0 radical (unpaired) electrons. The number of hydrogen-bond acceptors (Lipinski definition) is 4. The Labute approximate surface area is 295 Å². The number of rotatable bonds is 17. The fourth-order valence-corrected chi connectivity index (χ4v) is 6.57. The maximum absolute atomic E-state index is 6.46. The molecule has 0 heterocycles. The van der Waals surface area contributed by atoms with Crippen LogP contribution < -0.4 is 19.3 Å². The lowest BCUT2D eigenvalue weighted by Gasteiger charge is -2.29. The Morgan fingerprint density at radius 1 is 0.490 bits per heavy atom. The number of nitrogens with zero attached hydrogens (tertiary/aromatic N) is 2. The quantitative estimate of drug-likeness (QED) is 0.0736. The molecular weight excluding hydrogens is 601 g/mol. The smallest absolute Gasteiger partial charge is 0.161 e. The third kappa shape index (κ3) is 8.67. The molecule has 5 aromatic rings.